The Balaban J connectivity index is 0.00000323. The monoisotopic (exact) mass is 564 g/mol. The van der Waals surface area contributed by atoms with Crippen LogP contribution in [0.2, 0.25) is 0 Å². The van der Waals surface area contributed by atoms with E-state index < -0.39 is 0 Å². The van der Waals surface area contributed by atoms with E-state index in [9.17, 15) is 0 Å². The number of aryl methyl sites for hydroxylation is 1. The summed E-state index contributed by atoms with van der Waals surface area (Å²) in [5, 5.41) is 4.59. The lowest BCUT2D eigenvalue weighted by Gasteiger charge is -2.26. The fraction of sp³-hybridized carbons (Fsp3) is 0.433. The van der Waals surface area contributed by atoms with Gasteiger partial charge in [0.2, 0.25) is 0 Å². The molecule has 0 N–H and O–H groups in total. The number of fused-ring (bicyclic) bond motifs is 1. The predicted octanol–water partition coefficient (Wildman–Crippen LogP) is 5.20. The summed E-state index contributed by atoms with van der Waals surface area (Å²) in [7, 11) is 3.37. The van der Waals surface area contributed by atoms with Crippen molar-refractivity contribution in [3.05, 3.63) is 55.0 Å². The number of nitrogens with zero attached hydrogens (tertiary/aromatic N) is 6. The summed E-state index contributed by atoms with van der Waals surface area (Å²) in [6.07, 6.45) is 9.36. The second-order valence-corrected chi connectivity index (χ2v) is 10.4. The van der Waals surface area contributed by atoms with Crippen LogP contribution in [0.5, 0.6) is 11.5 Å². The van der Waals surface area contributed by atoms with Crippen molar-refractivity contribution in [3.63, 3.8) is 0 Å². The Morgan fingerprint density at radius 3 is 2.42 bits per heavy atom. The van der Waals surface area contributed by atoms with E-state index in [0.29, 0.717) is 5.92 Å². The Hall–Kier alpha value is -3.40. The molecule has 212 valence electrons. The van der Waals surface area contributed by atoms with Crippen LogP contribution in [0.1, 0.15) is 19.3 Å². The van der Waals surface area contributed by atoms with E-state index in [0.717, 1.165) is 97.5 Å². The number of hydrogen-bond donors (Lipinski definition) is 0. The molecular formula is C30H37ClN6O3. The molecule has 2 aliphatic rings. The largest absolute Gasteiger partial charge is 0.497 e. The second-order valence-electron chi connectivity index (χ2n) is 10.4. The van der Waals surface area contributed by atoms with Gasteiger partial charge in [-0.3, -0.25) is 14.6 Å². The van der Waals surface area contributed by atoms with E-state index in [4.69, 9.17) is 24.2 Å². The van der Waals surface area contributed by atoms with Crippen LogP contribution in [0.25, 0.3) is 22.3 Å². The first kappa shape index (κ1) is 28.1. The van der Waals surface area contributed by atoms with Crippen LogP contribution < -0.4 is 14.4 Å². The highest BCUT2D eigenvalue weighted by Crippen LogP contribution is 2.38. The Bertz CT molecular complexity index is 1400. The molecule has 9 nitrogen and oxygen atoms in total. The van der Waals surface area contributed by atoms with Crippen molar-refractivity contribution in [2.45, 2.75) is 25.8 Å². The molecule has 0 radical (unpaired) electrons. The Morgan fingerprint density at radius 1 is 0.925 bits per heavy atom. The van der Waals surface area contributed by atoms with Gasteiger partial charge in [0, 0.05) is 74.1 Å². The number of aromatic nitrogens is 4. The molecule has 1 saturated carbocycles. The fourth-order valence-electron chi connectivity index (χ4n) is 5.07. The molecule has 40 heavy (non-hydrogen) atoms. The molecule has 6 rings (SSSR count). The molecule has 0 unspecified atom stereocenters. The Labute approximate surface area is 241 Å². The van der Waals surface area contributed by atoms with Crippen molar-refractivity contribution in [1.82, 2.24) is 24.6 Å². The van der Waals surface area contributed by atoms with Gasteiger partial charge < -0.3 is 19.1 Å². The van der Waals surface area contributed by atoms with Gasteiger partial charge in [-0.2, -0.15) is 5.10 Å². The zero-order valence-corrected chi connectivity index (χ0v) is 24.0. The van der Waals surface area contributed by atoms with E-state index in [1.165, 1.54) is 12.8 Å². The lowest BCUT2D eigenvalue weighted by Crippen LogP contribution is -2.37. The maximum absolute atomic E-state index is 5.55. The molecule has 3 heterocycles. The highest BCUT2D eigenvalue weighted by Gasteiger charge is 2.26. The Morgan fingerprint density at radius 2 is 1.70 bits per heavy atom. The van der Waals surface area contributed by atoms with Crippen molar-refractivity contribution in [2.75, 3.05) is 58.5 Å². The van der Waals surface area contributed by atoms with Crippen LogP contribution in [0.4, 0.5) is 11.4 Å². The highest BCUT2D eigenvalue weighted by molar-refractivity contribution is 5.85. The van der Waals surface area contributed by atoms with E-state index in [2.05, 4.69) is 45.4 Å². The van der Waals surface area contributed by atoms with Crippen LogP contribution in [0, 0.1) is 5.92 Å². The van der Waals surface area contributed by atoms with Crippen LogP contribution in [-0.4, -0.2) is 78.3 Å². The maximum atomic E-state index is 5.55. The topological polar surface area (TPSA) is 77.8 Å². The SMILES string of the molecule is COc1cc(OC)cc(N(CC2CC2)c2ccc3ncc(-c4cnn(CCCN5CCOCC5)c4)nc3c2)c1.Cl. The molecule has 1 saturated heterocycles. The molecular weight excluding hydrogens is 528 g/mol. The van der Waals surface area contributed by atoms with Gasteiger partial charge in [-0.25, -0.2) is 4.98 Å². The fourth-order valence-corrected chi connectivity index (χ4v) is 5.07. The zero-order valence-electron chi connectivity index (χ0n) is 23.2. The average Bonchev–Trinajstić information content (AvgIpc) is 3.69. The number of morpholine rings is 1. The average molecular weight is 565 g/mol. The minimum atomic E-state index is 0. The number of rotatable bonds is 11. The summed E-state index contributed by atoms with van der Waals surface area (Å²) >= 11 is 0. The molecule has 2 fully saturated rings. The number of anilines is 2. The van der Waals surface area contributed by atoms with Gasteiger partial charge in [0.1, 0.15) is 11.5 Å². The lowest BCUT2D eigenvalue weighted by atomic mass is 10.1. The van der Waals surface area contributed by atoms with Crippen molar-refractivity contribution in [1.29, 1.82) is 0 Å². The number of ether oxygens (including phenoxy) is 3. The second kappa shape index (κ2) is 12.8. The molecule has 0 spiro atoms. The van der Waals surface area contributed by atoms with Gasteiger partial charge >= 0.3 is 0 Å². The number of benzene rings is 2. The molecule has 0 amide bonds. The molecule has 2 aromatic carbocycles. The van der Waals surface area contributed by atoms with Crippen LogP contribution in [0.15, 0.2) is 55.0 Å². The van der Waals surface area contributed by atoms with Gasteiger partial charge in [0.25, 0.3) is 0 Å². The lowest BCUT2D eigenvalue weighted by molar-refractivity contribution is 0.0368. The minimum Gasteiger partial charge on any atom is -0.497 e. The van der Waals surface area contributed by atoms with E-state index >= 15 is 0 Å². The van der Waals surface area contributed by atoms with E-state index in [-0.39, 0.29) is 12.4 Å². The predicted molar refractivity (Wildman–Crippen MR) is 159 cm³/mol. The molecule has 0 atom stereocenters. The number of halogens is 1. The zero-order chi connectivity index (χ0) is 26.6. The van der Waals surface area contributed by atoms with Crippen molar-refractivity contribution >= 4 is 34.8 Å². The summed E-state index contributed by atoms with van der Waals surface area (Å²) in [5.74, 6) is 2.23. The van der Waals surface area contributed by atoms with Gasteiger partial charge in [-0.1, -0.05) is 0 Å². The normalized spacial score (nSPS) is 15.6. The summed E-state index contributed by atoms with van der Waals surface area (Å²) < 4.78 is 18.6. The van der Waals surface area contributed by atoms with Crippen molar-refractivity contribution in [2.24, 2.45) is 5.92 Å². The third kappa shape index (κ3) is 6.66. The molecule has 4 aromatic rings. The minimum absolute atomic E-state index is 0. The van der Waals surface area contributed by atoms with Gasteiger partial charge in [-0.05, 0) is 43.4 Å². The first-order valence-electron chi connectivity index (χ1n) is 13.8. The molecule has 10 heteroatoms. The molecule has 1 aliphatic heterocycles. The van der Waals surface area contributed by atoms with Crippen molar-refractivity contribution < 1.29 is 14.2 Å². The quantitative estimate of drug-likeness (QED) is 0.246. The Kier molecular flexibility index (Phi) is 9.04. The van der Waals surface area contributed by atoms with Gasteiger partial charge in [-0.15, -0.1) is 12.4 Å². The summed E-state index contributed by atoms with van der Waals surface area (Å²) in [5.41, 5.74) is 5.66. The third-order valence-corrected chi connectivity index (χ3v) is 7.52. The first-order chi connectivity index (χ1) is 19.2. The summed E-state index contributed by atoms with van der Waals surface area (Å²) in [6, 6.07) is 12.3. The van der Waals surface area contributed by atoms with Crippen molar-refractivity contribution in [3.8, 4) is 22.8 Å². The molecule has 0 bridgehead atoms. The van der Waals surface area contributed by atoms with Crippen LogP contribution in [-0.2, 0) is 11.3 Å². The number of hydrogen-bond acceptors (Lipinski definition) is 8. The maximum Gasteiger partial charge on any atom is 0.124 e. The van der Waals surface area contributed by atoms with E-state index in [1.807, 2.05) is 29.2 Å². The third-order valence-electron chi connectivity index (χ3n) is 7.52. The standard InChI is InChI=1S/C30H36N6O3.ClH/c1-37-26-14-25(15-27(17-26)38-2)36(20-22-4-5-22)24-6-7-28-29(16-24)33-30(19-31-28)23-18-32-35(21-23)9-3-8-34-10-12-39-13-11-34;/h6-7,14-19,21-22H,3-5,8-13,20H2,1-2H3;1H. The molecule has 1 aliphatic carbocycles. The highest BCUT2D eigenvalue weighted by atomic mass is 35.5. The smallest absolute Gasteiger partial charge is 0.124 e. The summed E-state index contributed by atoms with van der Waals surface area (Å²) in [4.78, 5) is 14.5. The summed E-state index contributed by atoms with van der Waals surface area (Å²) in [6.45, 7) is 6.58. The molecule has 2 aromatic heterocycles. The van der Waals surface area contributed by atoms with Gasteiger partial charge in [0.15, 0.2) is 0 Å². The number of methoxy groups -OCH3 is 2. The van der Waals surface area contributed by atoms with Gasteiger partial charge in [0.05, 0.1) is 56.6 Å². The van der Waals surface area contributed by atoms with E-state index in [1.54, 1.807) is 14.2 Å². The van der Waals surface area contributed by atoms with Crippen LogP contribution in [0.3, 0.4) is 0 Å². The first-order valence-corrected chi connectivity index (χ1v) is 13.8. The van der Waals surface area contributed by atoms with Crippen LogP contribution >= 0.6 is 12.4 Å².